The number of rotatable bonds is 4. The van der Waals surface area contributed by atoms with Gasteiger partial charge in [-0.05, 0) is 45.4 Å². The van der Waals surface area contributed by atoms with Gasteiger partial charge in [-0.3, -0.25) is 15.0 Å². The number of hydrazine groups is 1. The van der Waals surface area contributed by atoms with Crippen molar-refractivity contribution in [2.24, 2.45) is 0 Å². The monoisotopic (exact) mass is 459 g/mol. The van der Waals surface area contributed by atoms with Gasteiger partial charge in [-0.25, -0.2) is 9.78 Å². The van der Waals surface area contributed by atoms with Gasteiger partial charge in [0.2, 0.25) is 0 Å². The Kier molecular flexibility index (Phi) is 4.75. The van der Waals surface area contributed by atoms with E-state index in [0.717, 1.165) is 0 Å². The summed E-state index contributed by atoms with van der Waals surface area (Å²) >= 11 is 0. The molecular weight excluding hydrogens is 438 g/mol. The number of pyridine rings is 1. The first-order valence-electron chi connectivity index (χ1n) is 10.6. The zero-order valence-electron chi connectivity index (χ0n) is 18.9. The summed E-state index contributed by atoms with van der Waals surface area (Å²) in [5, 5.41) is 7.66. The molecule has 0 spiro atoms. The summed E-state index contributed by atoms with van der Waals surface area (Å²) in [6.45, 7) is 6.86. The van der Waals surface area contributed by atoms with Crippen molar-refractivity contribution in [1.82, 2.24) is 25.9 Å². The van der Waals surface area contributed by atoms with Crippen LogP contribution in [0.5, 0.6) is 0 Å². The molecule has 0 saturated carbocycles. The van der Waals surface area contributed by atoms with Crippen LogP contribution in [0.1, 0.15) is 40.1 Å². The van der Waals surface area contributed by atoms with Crippen LogP contribution in [0.3, 0.4) is 0 Å². The van der Waals surface area contributed by atoms with E-state index >= 15 is 0 Å². The van der Waals surface area contributed by atoms with E-state index < -0.39 is 23.4 Å². The van der Waals surface area contributed by atoms with Crippen LogP contribution in [0.15, 0.2) is 51.4 Å². The van der Waals surface area contributed by atoms with Crippen LogP contribution >= 0.6 is 0 Å². The SMILES string of the molecule is Cc1cc(-c2cc(C(=O)NN3C(=O)NC(C)(c4ccccc4)C3=O)c3c(C)noc3n2)c(C)o1. The van der Waals surface area contributed by atoms with Gasteiger partial charge in [-0.2, -0.15) is 5.01 Å². The van der Waals surface area contributed by atoms with Crippen LogP contribution in [-0.4, -0.2) is 33.0 Å². The Labute approximate surface area is 193 Å². The van der Waals surface area contributed by atoms with Gasteiger partial charge in [0, 0.05) is 5.56 Å². The van der Waals surface area contributed by atoms with Crippen molar-refractivity contribution in [3.05, 3.63) is 70.8 Å². The van der Waals surface area contributed by atoms with Crippen molar-refractivity contribution >= 4 is 28.9 Å². The Morgan fingerprint density at radius 3 is 2.53 bits per heavy atom. The predicted octanol–water partition coefficient (Wildman–Crippen LogP) is 3.52. The first kappa shape index (κ1) is 21.4. The number of carbonyl (C=O) groups excluding carboxylic acids is 3. The third-order valence-electron chi connectivity index (χ3n) is 5.93. The number of hydrogen-bond acceptors (Lipinski definition) is 7. The van der Waals surface area contributed by atoms with Crippen LogP contribution in [0.2, 0.25) is 0 Å². The van der Waals surface area contributed by atoms with Gasteiger partial charge in [0.1, 0.15) is 17.1 Å². The molecule has 4 amide bonds. The summed E-state index contributed by atoms with van der Waals surface area (Å²) in [4.78, 5) is 43.7. The van der Waals surface area contributed by atoms with E-state index in [1.54, 1.807) is 57.2 Å². The molecule has 1 atom stereocenters. The average molecular weight is 459 g/mol. The average Bonchev–Trinajstić information content (AvgIpc) is 3.43. The van der Waals surface area contributed by atoms with Crippen LogP contribution in [0.4, 0.5) is 4.79 Å². The number of urea groups is 1. The van der Waals surface area contributed by atoms with Crippen LogP contribution in [-0.2, 0) is 10.3 Å². The lowest BCUT2D eigenvalue weighted by Crippen LogP contribution is -2.48. The van der Waals surface area contributed by atoms with Gasteiger partial charge in [0.15, 0.2) is 0 Å². The van der Waals surface area contributed by atoms with Gasteiger partial charge in [-0.15, -0.1) is 0 Å². The minimum absolute atomic E-state index is 0.157. The lowest BCUT2D eigenvalue weighted by molar-refractivity contribution is -0.132. The molecule has 5 rings (SSSR count). The number of fused-ring (bicyclic) bond motifs is 1. The zero-order chi connectivity index (χ0) is 24.2. The van der Waals surface area contributed by atoms with Gasteiger partial charge in [0.05, 0.1) is 22.3 Å². The number of aromatic nitrogens is 2. The minimum atomic E-state index is -1.32. The third-order valence-corrected chi connectivity index (χ3v) is 5.93. The highest BCUT2D eigenvalue weighted by Crippen LogP contribution is 2.31. The number of benzene rings is 1. The first-order valence-corrected chi connectivity index (χ1v) is 10.6. The molecule has 1 saturated heterocycles. The standard InChI is InChI=1S/C24H21N5O5/c1-12-10-16(14(3)33-12)18-11-17(19-13(2)28-34-21(19)25-18)20(30)27-29-22(31)24(4,26-23(29)32)15-8-6-5-7-9-15/h5-11H,1-4H3,(H,26,32)(H,27,30). The zero-order valence-corrected chi connectivity index (χ0v) is 18.9. The van der Waals surface area contributed by atoms with E-state index in [1.165, 1.54) is 0 Å². The fraction of sp³-hybridized carbons (Fsp3) is 0.208. The molecule has 0 aliphatic carbocycles. The Hall–Kier alpha value is -4.47. The van der Waals surface area contributed by atoms with E-state index in [-0.39, 0.29) is 11.3 Å². The Bertz CT molecular complexity index is 1470. The number of furan rings is 1. The Morgan fingerprint density at radius 2 is 1.85 bits per heavy atom. The van der Waals surface area contributed by atoms with Gasteiger partial charge in [0.25, 0.3) is 17.5 Å². The second-order valence-corrected chi connectivity index (χ2v) is 8.33. The minimum Gasteiger partial charge on any atom is -0.466 e. The normalized spacial score (nSPS) is 17.9. The van der Waals surface area contributed by atoms with Crippen molar-refractivity contribution < 1.29 is 23.3 Å². The van der Waals surface area contributed by atoms with Crippen molar-refractivity contribution in [2.75, 3.05) is 0 Å². The number of hydrogen-bond donors (Lipinski definition) is 2. The van der Waals surface area contributed by atoms with Crippen molar-refractivity contribution in [3.8, 4) is 11.3 Å². The molecule has 1 aromatic carbocycles. The largest absolute Gasteiger partial charge is 0.466 e. The number of nitrogens with zero attached hydrogens (tertiary/aromatic N) is 3. The van der Waals surface area contributed by atoms with Crippen molar-refractivity contribution in [1.29, 1.82) is 0 Å². The fourth-order valence-electron chi connectivity index (χ4n) is 4.17. The summed E-state index contributed by atoms with van der Waals surface area (Å²) < 4.78 is 10.9. The molecule has 4 heterocycles. The Morgan fingerprint density at radius 1 is 1.12 bits per heavy atom. The van der Waals surface area contributed by atoms with E-state index in [4.69, 9.17) is 8.94 Å². The molecule has 3 aromatic heterocycles. The number of amides is 4. The van der Waals surface area contributed by atoms with E-state index in [9.17, 15) is 14.4 Å². The smallest absolute Gasteiger partial charge is 0.344 e. The maximum Gasteiger partial charge on any atom is 0.344 e. The maximum atomic E-state index is 13.4. The molecule has 1 aliphatic heterocycles. The van der Waals surface area contributed by atoms with Gasteiger partial charge in [-0.1, -0.05) is 35.5 Å². The summed E-state index contributed by atoms with van der Waals surface area (Å²) in [5.41, 5.74) is 3.61. The third kappa shape index (κ3) is 3.22. The second-order valence-electron chi connectivity index (χ2n) is 8.33. The van der Waals surface area contributed by atoms with Crippen LogP contribution in [0, 0.1) is 20.8 Å². The van der Waals surface area contributed by atoms with Crippen molar-refractivity contribution in [2.45, 2.75) is 33.2 Å². The lowest BCUT2D eigenvalue weighted by Gasteiger charge is -2.22. The molecule has 1 fully saturated rings. The van der Waals surface area contributed by atoms with Gasteiger partial charge >= 0.3 is 6.03 Å². The highest BCUT2D eigenvalue weighted by molar-refractivity contribution is 6.12. The molecule has 1 aliphatic rings. The van der Waals surface area contributed by atoms with Crippen molar-refractivity contribution in [3.63, 3.8) is 0 Å². The van der Waals surface area contributed by atoms with Crippen LogP contribution in [0.25, 0.3) is 22.4 Å². The highest BCUT2D eigenvalue weighted by Gasteiger charge is 2.50. The van der Waals surface area contributed by atoms with Crippen LogP contribution < -0.4 is 10.7 Å². The summed E-state index contributed by atoms with van der Waals surface area (Å²) in [6, 6.07) is 11.4. The Balaban J connectivity index is 1.53. The molecule has 0 bridgehead atoms. The molecule has 34 heavy (non-hydrogen) atoms. The number of carbonyl (C=O) groups is 3. The molecule has 2 N–H and O–H groups in total. The molecule has 4 aromatic rings. The number of nitrogens with one attached hydrogen (secondary N) is 2. The summed E-state index contributed by atoms with van der Waals surface area (Å²) in [6.07, 6.45) is 0. The molecule has 0 radical (unpaired) electrons. The van der Waals surface area contributed by atoms with Gasteiger partial charge < -0.3 is 14.3 Å². The summed E-state index contributed by atoms with van der Waals surface area (Å²) in [7, 11) is 0. The predicted molar refractivity (Wildman–Crippen MR) is 120 cm³/mol. The van der Waals surface area contributed by atoms with E-state index in [2.05, 4.69) is 20.9 Å². The molecule has 1 unspecified atom stereocenters. The lowest BCUT2D eigenvalue weighted by atomic mass is 9.92. The maximum absolute atomic E-state index is 13.4. The topological polar surface area (TPSA) is 131 Å². The molecule has 10 heteroatoms. The molecule has 172 valence electrons. The second kappa shape index (κ2) is 7.55. The van der Waals surface area contributed by atoms with E-state index in [1.807, 2.05) is 13.0 Å². The first-order chi connectivity index (χ1) is 16.2. The quantitative estimate of drug-likeness (QED) is 0.447. The fourth-order valence-corrected chi connectivity index (χ4v) is 4.17. The summed E-state index contributed by atoms with van der Waals surface area (Å²) in [5.74, 6) is 0.0258. The highest BCUT2D eigenvalue weighted by atomic mass is 16.5. The molecule has 10 nitrogen and oxygen atoms in total. The number of aryl methyl sites for hydroxylation is 3. The van der Waals surface area contributed by atoms with E-state index in [0.29, 0.717) is 44.4 Å². The molecular formula is C24H21N5O5. The number of imide groups is 1.